The molecule has 1 fully saturated rings. The number of hydrogen-bond acceptors (Lipinski definition) is 6. The molecule has 0 atom stereocenters. The Balaban J connectivity index is 1.42. The number of rotatable bonds is 3. The number of fused-ring (bicyclic) bond motifs is 2. The van der Waals surface area contributed by atoms with E-state index >= 15 is 0 Å². The molecule has 4 aromatic rings. The maximum atomic E-state index is 13.7. The number of amides is 1. The van der Waals surface area contributed by atoms with Crippen LogP contribution in [0.1, 0.15) is 5.56 Å². The fourth-order valence-electron chi connectivity index (χ4n) is 3.93. The van der Waals surface area contributed by atoms with Crippen LogP contribution in [-0.4, -0.2) is 33.2 Å². The second-order valence-corrected chi connectivity index (χ2v) is 9.79. The van der Waals surface area contributed by atoms with Gasteiger partial charge in [0.05, 0.1) is 34.7 Å². The highest BCUT2D eigenvalue weighted by atomic mass is 32.2. The first-order valence-electron chi connectivity index (χ1n) is 10.5. The molecule has 1 saturated heterocycles. The lowest BCUT2D eigenvalue weighted by Crippen LogP contribution is -2.29. The molecule has 0 bridgehead atoms. The van der Waals surface area contributed by atoms with E-state index < -0.39 is 0 Å². The fourth-order valence-corrected chi connectivity index (χ4v) is 6.28. The highest BCUT2D eigenvalue weighted by Gasteiger charge is 2.39. The summed E-state index contributed by atoms with van der Waals surface area (Å²) in [6.07, 6.45) is 1.78. The average Bonchev–Trinajstić information content (AvgIpc) is 3.52. The van der Waals surface area contributed by atoms with Gasteiger partial charge in [-0.15, -0.1) is 0 Å². The lowest BCUT2D eigenvalue weighted by atomic mass is 10.2. The minimum absolute atomic E-state index is 0.0193. The number of aromatic nitrogens is 2. The molecule has 0 spiro atoms. The number of carbonyl (C=O) groups is 1. The highest BCUT2D eigenvalue weighted by Crippen LogP contribution is 2.50. The van der Waals surface area contributed by atoms with Crippen molar-refractivity contribution < 1.29 is 4.79 Å². The summed E-state index contributed by atoms with van der Waals surface area (Å²) in [5, 5.41) is 9.66. The number of hydrogen-bond donors (Lipinski definition) is 1. The summed E-state index contributed by atoms with van der Waals surface area (Å²) in [5.41, 5.74) is 3.93. The Morgan fingerprint density at radius 2 is 1.82 bits per heavy atom. The van der Waals surface area contributed by atoms with Crippen LogP contribution >= 0.6 is 23.5 Å². The van der Waals surface area contributed by atoms with Gasteiger partial charge in [-0.3, -0.25) is 14.8 Å². The quantitative estimate of drug-likeness (QED) is 0.388. The fraction of sp³-hybridized carbons (Fsp3) is 0.0800. The van der Waals surface area contributed by atoms with Gasteiger partial charge in [-0.1, -0.05) is 54.2 Å². The van der Waals surface area contributed by atoms with Crippen LogP contribution < -0.4 is 4.90 Å². The van der Waals surface area contributed by atoms with Crippen molar-refractivity contribution in [1.82, 2.24) is 15.1 Å². The monoisotopic (exact) mass is 469 g/mol. The number of amidine groups is 1. The first-order valence-corrected chi connectivity index (χ1v) is 12.1. The van der Waals surface area contributed by atoms with E-state index in [9.17, 15) is 4.79 Å². The summed E-state index contributed by atoms with van der Waals surface area (Å²) < 4.78 is 0. The minimum Gasteiger partial charge on any atom is -0.337 e. The highest BCUT2D eigenvalue weighted by molar-refractivity contribution is 8.19. The molecule has 0 aliphatic carbocycles. The first kappa shape index (κ1) is 20.1. The molecule has 8 heteroatoms. The van der Waals surface area contributed by atoms with Crippen LogP contribution in [0, 0.1) is 0 Å². The average molecular weight is 470 g/mol. The van der Waals surface area contributed by atoms with Crippen molar-refractivity contribution in [3.63, 3.8) is 0 Å². The van der Waals surface area contributed by atoms with E-state index in [0.29, 0.717) is 16.6 Å². The van der Waals surface area contributed by atoms with E-state index in [1.54, 1.807) is 22.9 Å². The molecule has 6 nitrogen and oxygen atoms in total. The van der Waals surface area contributed by atoms with Gasteiger partial charge in [0.25, 0.3) is 5.91 Å². The van der Waals surface area contributed by atoms with E-state index in [4.69, 9.17) is 4.99 Å². The third kappa shape index (κ3) is 3.61. The lowest BCUT2D eigenvalue weighted by molar-refractivity contribution is -0.122. The third-order valence-corrected chi connectivity index (χ3v) is 8.06. The number of anilines is 1. The zero-order chi connectivity index (χ0) is 22.4. The van der Waals surface area contributed by atoms with Gasteiger partial charge in [-0.25, -0.2) is 4.99 Å². The summed E-state index contributed by atoms with van der Waals surface area (Å²) in [6, 6.07) is 24.1. The van der Waals surface area contributed by atoms with Crippen molar-refractivity contribution in [2.45, 2.75) is 11.4 Å². The topological polar surface area (TPSA) is 64.6 Å². The van der Waals surface area contributed by atoms with Crippen molar-refractivity contribution in [3.05, 3.63) is 94.5 Å². The van der Waals surface area contributed by atoms with E-state index in [1.165, 1.54) is 11.8 Å². The van der Waals surface area contributed by atoms with Crippen LogP contribution in [0.3, 0.4) is 0 Å². The van der Waals surface area contributed by atoms with Gasteiger partial charge in [0.2, 0.25) is 0 Å². The number of thioether (sulfide) groups is 2. The first-order chi connectivity index (χ1) is 16.2. The number of para-hydroxylation sites is 1. The molecular weight excluding hydrogens is 450 g/mol. The summed E-state index contributed by atoms with van der Waals surface area (Å²) in [6.45, 7) is 0.470. The number of H-pyrrole nitrogens is 1. The van der Waals surface area contributed by atoms with Crippen LogP contribution in [-0.2, 0) is 11.3 Å². The largest absolute Gasteiger partial charge is 0.337 e. The number of carbonyl (C=O) groups excluding carboxylic acids is 1. The number of aromatic amines is 1. The Morgan fingerprint density at radius 1 is 1.00 bits per heavy atom. The van der Waals surface area contributed by atoms with Gasteiger partial charge in [0.15, 0.2) is 5.17 Å². The third-order valence-electron chi connectivity index (χ3n) is 5.63. The van der Waals surface area contributed by atoms with E-state index in [0.717, 1.165) is 37.8 Å². The van der Waals surface area contributed by atoms with Crippen molar-refractivity contribution in [1.29, 1.82) is 0 Å². The van der Waals surface area contributed by atoms with Gasteiger partial charge < -0.3 is 4.90 Å². The maximum Gasteiger partial charge on any atom is 0.269 e. The van der Waals surface area contributed by atoms with Crippen molar-refractivity contribution in [2.75, 3.05) is 11.9 Å². The van der Waals surface area contributed by atoms with Crippen LogP contribution in [0.5, 0.6) is 0 Å². The zero-order valence-corrected chi connectivity index (χ0v) is 19.4. The summed E-state index contributed by atoms with van der Waals surface area (Å²) in [7, 11) is 2.01. The molecule has 2 aliphatic heterocycles. The number of aliphatic imine (C=N–C) groups is 1. The predicted octanol–water partition coefficient (Wildman–Crippen LogP) is 5.74. The normalized spacial score (nSPS) is 19.2. The second-order valence-electron chi connectivity index (χ2n) is 7.78. The van der Waals surface area contributed by atoms with Crippen molar-refractivity contribution in [2.24, 2.45) is 4.99 Å². The second kappa shape index (κ2) is 8.13. The predicted molar refractivity (Wildman–Crippen MR) is 135 cm³/mol. The van der Waals surface area contributed by atoms with Gasteiger partial charge in [-0.05, 0) is 47.7 Å². The van der Waals surface area contributed by atoms with Gasteiger partial charge >= 0.3 is 0 Å². The van der Waals surface area contributed by atoms with E-state index in [2.05, 4.69) is 27.2 Å². The van der Waals surface area contributed by atoms with Gasteiger partial charge in [0.1, 0.15) is 4.91 Å². The molecule has 1 aromatic heterocycles. The Hall–Kier alpha value is -3.49. The van der Waals surface area contributed by atoms with E-state index in [-0.39, 0.29) is 5.91 Å². The standard InChI is InChI=1S/C25H19N5OS2/c1-29-20-9-5-6-10-21(20)32-24(29)22-23(31)30(15-16-7-3-2-4-8-16)25(33-22)27-18-11-12-19-17(13-18)14-26-28-19/h2-14H,15H2,1H3,(H,26,28)/b24-22-,27-25?. The molecule has 0 radical (unpaired) electrons. The zero-order valence-electron chi connectivity index (χ0n) is 17.7. The lowest BCUT2D eigenvalue weighted by Gasteiger charge is -2.16. The number of nitrogens with zero attached hydrogens (tertiary/aromatic N) is 4. The van der Waals surface area contributed by atoms with Crippen molar-refractivity contribution >= 4 is 56.9 Å². The molecule has 33 heavy (non-hydrogen) atoms. The Kier molecular flexibility index (Phi) is 4.96. The van der Waals surface area contributed by atoms with Crippen LogP contribution in [0.2, 0.25) is 0 Å². The Bertz CT molecular complexity index is 1440. The minimum atomic E-state index is -0.0193. The molecule has 0 saturated carbocycles. The molecule has 3 aromatic carbocycles. The molecule has 6 rings (SSSR count). The molecular formula is C25H19N5OS2. The molecule has 1 amide bonds. The van der Waals surface area contributed by atoms with Crippen LogP contribution in [0.15, 0.2) is 98.8 Å². The summed E-state index contributed by atoms with van der Waals surface area (Å²) in [4.78, 5) is 24.3. The number of nitrogens with one attached hydrogen (secondary N) is 1. The maximum absolute atomic E-state index is 13.7. The Morgan fingerprint density at radius 3 is 2.67 bits per heavy atom. The van der Waals surface area contributed by atoms with Crippen LogP contribution in [0.25, 0.3) is 10.9 Å². The van der Waals surface area contributed by atoms with E-state index in [1.807, 2.05) is 67.7 Å². The van der Waals surface area contributed by atoms with Crippen molar-refractivity contribution in [3.8, 4) is 0 Å². The van der Waals surface area contributed by atoms with Gasteiger partial charge in [-0.2, -0.15) is 5.10 Å². The summed E-state index contributed by atoms with van der Waals surface area (Å²) >= 11 is 3.07. The smallest absolute Gasteiger partial charge is 0.269 e. The molecule has 1 N–H and O–H groups in total. The summed E-state index contributed by atoms with van der Waals surface area (Å²) in [5.74, 6) is -0.0193. The SMILES string of the molecule is CN1/C(=C2/SC(=Nc3ccc4[nH]ncc4c3)N(Cc3ccccc3)C2=O)Sc2ccccc21. The molecule has 2 aliphatic rings. The Labute approximate surface area is 199 Å². The molecule has 3 heterocycles. The van der Waals surface area contributed by atoms with Crippen LogP contribution in [0.4, 0.5) is 11.4 Å². The van der Waals surface area contributed by atoms with Gasteiger partial charge in [0, 0.05) is 17.3 Å². The number of benzene rings is 3. The molecule has 162 valence electrons. The molecule has 0 unspecified atom stereocenters.